The quantitative estimate of drug-likeness (QED) is 0.861. The number of sulfonamides is 1. The lowest BCUT2D eigenvalue weighted by atomic mass is 10.3. The minimum atomic E-state index is -3.26. The molecule has 0 spiro atoms. The first-order valence-electron chi connectivity index (χ1n) is 4.29. The predicted molar refractivity (Wildman–Crippen MR) is 64.9 cm³/mol. The maximum atomic E-state index is 11.6. The van der Waals surface area contributed by atoms with Crippen LogP contribution in [0.2, 0.25) is 0 Å². The Hall–Kier alpha value is -0.780. The Morgan fingerprint density at radius 2 is 1.80 bits per heavy atom. The van der Waals surface area contributed by atoms with Gasteiger partial charge >= 0.3 is 0 Å². The van der Waals surface area contributed by atoms with Crippen molar-refractivity contribution in [3.8, 4) is 0 Å². The van der Waals surface area contributed by atoms with Gasteiger partial charge in [0.2, 0.25) is 10.0 Å². The molecule has 2 N–H and O–H groups in total. The molecule has 0 atom stereocenters. The third kappa shape index (κ3) is 3.70. The van der Waals surface area contributed by atoms with E-state index in [4.69, 9.17) is 5.73 Å². The molecule has 0 aromatic heterocycles. The lowest BCUT2D eigenvalue weighted by Gasteiger charge is -2.18. The standard InChI is InChI=1S/C9H14N2O2S.ClH/c1-11(14(12,13)8-7-10)9-5-3-2-4-6-9;/h2-6H,7-8,10H2,1H3;1H. The van der Waals surface area contributed by atoms with Gasteiger partial charge in [0, 0.05) is 13.6 Å². The highest BCUT2D eigenvalue weighted by molar-refractivity contribution is 7.92. The van der Waals surface area contributed by atoms with Gasteiger partial charge in [-0.25, -0.2) is 8.42 Å². The van der Waals surface area contributed by atoms with Crippen molar-refractivity contribution in [1.29, 1.82) is 0 Å². The molecular weight excluding hydrogens is 236 g/mol. The largest absolute Gasteiger partial charge is 0.329 e. The average molecular weight is 251 g/mol. The molecule has 1 rings (SSSR count). The van der Waals surface area contributed by atoms with Crippen LogP contribution in [0.25, 0.3) is 0 Å². The van der Waals surface area contributed by atoms with E-state index in [9.17, 15) is 8.42 Å². The summed E-state index contributed by atoms with van der Waals surface area (Å²) in [5.74, 6) is -0.0294. The highest BCUT2D eigenvalue weighted by Gasteiger charge is 2.16. The molecule has 0 amide bonds. The fourth-order valence-corrected chi connectivity index (χ4v) is 2.10. The molecule has 0 heterocycles. The fraction of sp³-hybridized carbons (Fsp3) is 0.333. The summed E-state index contributed by atoms with van der Waals surface area (Å²) in [6.45, 7) is 0.138. The van der Waals surface area contributed by atoms with Gasteiger partial charge in [-0.15, -0.1) is 12.4 Å². The lowest BCUT2D eigenvalue weighted by Crippen LogP contribution is -2.31. The first-order valence-corrected chi connectivity index (χ1v) is 5.90. The molecule has 4 nitrogen and oxygen atoms in total. The number of nitrogens with zero attached hydrogens (tertiary/aromatic N) is 1. The number of hydrogen-bond donors (Lipinski definition) is 1. The maximum absolute atomic E-state index is 11.6. The van der Waals surface area contributed by atoms with Crippen LogP contribution in [0.5, 0.6) is 0 Å². The summed E-state index contributed by atoms with van der Waals surface area (Å²) in [6, 6.07) is 8.92. The van der Waals surface area contributed by atoms with E-state index < -0.39 is 10.0 Å². The number of benzene rings is 1. The van der Waals surface area contributed by atoms with Gasteiger partial charge in [0.1, 0.15) is 0 Å². The van der Waals surface area contributed by atoms with E-state index in [0.717, 1.165) is 0 Å². The number of nitrogens with two attached hydrogens (primary N) is 1. The zero-order valence-corrected chi connectivity index (χ0v) is 10.1. The lowest BCUT2D eigenvalue weighted by molar-refractivity contribution is 0.594. The summed E-state index contributed by atoms with van der Waals surface area (Å²) in [4.78, 5) is 0. The Bertz CT molecular complexity index is 380. The molecule has 0 aliphatic carbocycles. The SMILES string of the molecule is CN(c1ccccc1)S(=O)(=O)CCN.Cl. The Morgan fingerprint density at radius 3 is 2.27 bits per heavy atom. The Balaban J connectivity index is 0.00000196. The van der Waals surface area contributed by atoms with Crippen molar-refractivity contribution in [3.05, 3.63) is 30.3 Å². The minimum absolute atomic E-state index is 0. The molecule has 0 saturated heterocycles. The van der Waals surface area contributed by atoms with E-state index in [1.54, 1.807) is 24.3 Å². The molecule has 6 heteroatoms. The average Bonchev–Trinajstić information content (AvgIpc) is 2.18. The van der Waals surface area contributed by atoms with Crippen molar-refractivity contribution in [3.63, 3.8) is 0 Å². The van der Waals surface area contributed by atoms with E-state index in [1.165, 1.54) is 11.4 Å². The van der Waals surface area contributed by atoms with Crippen LogP contribution >= 0.6 is 12.4 Å². The normalized spacial score (nSPS) is 10.5. The maximum Gasteiger partial charge on any atom is 0.236 e. The van der Waals surface area contributed by atoms with Crippen LogP contribution in [0.1, 0.15) is 0 Å². The van der Waals surface area contributed by atoms with Gasteiger partial charge in [0.15, 0.2) is 0 Å². The molecule has 0 saturated carbocycles. The molecule has 86 valence electrons. The van der Waals surface area contributed by atoms with E-state index in [0.29, 0.717) is 5.69 Å². The van der Waals surface area contributed by atoms with Crippen LogP contribution in [0.4, 0.5) is 5.69 Å². The summed E-state index contributed by atoms with van der Waals surface area (Å²) >= 11 is 0. The monoisotopic (exact) mass is 250 g/mol. The second kappa shape index (κ2) is 5.95. The van der Waals surface area contributed by atoms with Gasteiger partial charge in [0.25, 0.3) is 0 Å². The van der Waals surface area contributed by atoms with Crippen LogP contribution in [-0.2, 0) is 10.0 Å². The molecule has 0 fully saturated rings. The first-order chi connectivity index (χ1) is 6.58. The van der Waals surface area contributed by atoms with Gasteiger partial charge < -0.3 is 5.73 Å². The summed E-state index contributed by atoms with van der Waals surface area (Å²) in [7, 11) is -1.73. The molecule has 0 unspecified atom stereocenters. The zero-order valence-electron chi connectivity index (χ0n) is 8.46. The molecule has 15 heavy (non-hydrogen) atoms. The highest BCUT2D eigenvalue weighted by atomic mass is 35.5. The Labute approximate surface area is 96.5 Å². The highest BCUT2D eigenvalue weighted by Crippen LogP contribution is 2.14. The van der Waals surface area contributed by atoms with Crippen molar-refractivity contribution in [2.24, 2.45) is 5.73 Å². The van der Waals surface area contributed by atoms with Crippen molar-refractivity contribution in [2.75, 3.05) is 23.7 Å². The third-order valence-electron chi connectivity index (χ3n) is 1.91. The van der Waals surface area contributed by atoms with E-state index in [1.807, 2.05) is 6.07 Å². The predicted octanol–water partition coefficient (Wildman–Crippen LogP) is 0.833. The Kier molecular flexibility index (Phi) is 5.64. The summed E-state index contributed by atoms with van der Waals surface area (Å²) in [5, 5.41) is 0. The fourth-order valence-electron chi connectivity index (χ4n) is 1.08. The molecule has 0 radical (unpaired) electrons. The summed E-state index contributed by atoms with van der Waals surface area (Å²) in [5.41, 5.74) is 5.88. The van der Waals surface area contributed by atoms with E-state index in [2.05, 4.69) is 0 Å². The summed E-state index contributed by atoms with van der Waals surface area (Å²) in [6.07, 6.45) is 0. The van der Waals surface area contributed by atoms with Gasteiger partial charge in [-0.2, -0.15) is 0 Å². The van der Waals surface area contributed by atoms with Crippen LogP contribution in [0.15, 0.2) is 30.3 Å². The van der Waals surface area contributed by atoms with Gasteiger partial charge in [-0.1, -0.05) is 18.2 Å². The number of hydrogen-bond acceptors (Lipinski definition) is 3. The smallest absolute Gasteiger partial charge is 0.236 e. The molecule has 1 aromatic carbocycles. The zero-order chi connectivity index (χ0) is 10.6. The topological polar surface area (TPSA) is 63.4 Å². The van der Waals surface area contributed by atoms with Crippen LogP contribution in [-0.4, -0.2) is 27.8 Å². The van der Waals surface area contributed by atoms with Crippen LogP contribution in [0, 0.1) is 0 Å². The van der Waals surface area contributed by atoms with Crippen molar-refractivity contribution >= 4 is 28.1 Å². The van der Waals surface area contributed by atoms with Crippen LogP contribution in [0.3, 0.4) is 0 Å². The molecule has 0 bridgehead atoms. The number of anilines is 1. The third-order valence-corrected chi connectivity index (χ3v) is 3.71. The first kappa shape index (κ1) is 14.2. The van der Waals surface area contributed by atoms with Crippen molar-refractivity contribution in [2.45, 2.75) is 0 Å². The van der Waals surface area contributed by atoms with E-state index >= 15 is 0 Å². The van der Waals surface area contributed by atoms with Gasteiger partial charge in [-0.3, -0.25) is 4.31 Å². The Morgan fingerprint density at radius 1 is 1.27 bits per heavy atom. The van der Waals surface area contributed by atoms with Crippen molar-refractivity contribution in [1.82, 2.24) is 0 Å². The minimum Gasteiger partial charge on any atom is -0.329 e. The van der Waals surface area contributed by atoms with Crippen LogP contribution < -0.4 is 10.0 Å². The summed E-state index contributed by atoms with van der Waals surface area (Å²) < 4.78 is 24.4. The molecule has 0 aliphatic heterocycles. The number of rotatable bonds is 4. The van der Waals surface area contributed by atoms with Gasteiger partial charge in [-0.05, 0) is 12.1 Å². The molecule has 1 aromatic rings. The van der Waals surface area contributed by atoms with Gasteiger partial charge in [0.05, 0.1) is 11.4 Å². The van der Waals surface area contributed by atoms with Crippen molar-refractivity contribution < 1.29 is 8.42 Å². The second-order valence-electron chi connectivity index (χ2n) is 2.91. The second-order valence-corrected chi connectivity index (χ2v) is 5.03. The molecule has 0 aliphatic rings. The molecular formula is C9H15ClN2O2S. The number of halogens is 1. The van der Waals surface area contributed by atoms with E-state index in [-0.39, 0.29) is 24.7 Å². The number of para-hydroxylation sites is 1.